The number of benzene rings is 5. The number of furan rings is 1. The lowest BCUT2D eigenvalue weighted by Gasteiger charge is -2.38. The van der Waals surface area contributed by atoms with Gasteiger partial charge in [-0.25, -0.2) is 3.11 Å². The number of halogens is 1. The van der Waals surface area contributed by atoms with Crippen LogP contribution in [0.2, 0.25) is 0 Å². The molecule has 0 amide bonds. The second-order valence-corrected chi connectivity index (χ2v) is 10.7. The molecule has 2 unspecified atom stereocenters. The molecule has 1 N–H and O–H groups in total. The summed E-state index contributed by atoms with van der Waals surface area (Å²) < 4.78 is 8.50. The summed E-state index contributed by atoms with van der Waals surface area (Å²) in [4.78, 5) is 0. The highest BCUT2D eigenvalue weighted by molar-refractivity contribution is 14.1. The highest BCUT2D eigenvalue weighted by atomic mass is 127. The van der Waals surface area contributed by atoms with Crippen molar-refractivity contribution in [3.05, 3.63) is 150 Å². The van der Waals surface area contributed by atoms with E-state index in [1.54, 1.807) is 0 Å². The van der Waals surface area contributed by atoms with Gasteiger partial charge in [-0.3, -0.25) is 0 Å². The third-order valence-corrected chi connectivity index (χ3v) is 8.45. The molecule has 0 spiro atoms. The standard InChI is InChI=1S/C34H25IN2O/c35-37-31(22-30(24-9-3-1-4-10-24)36-34(37)26-11-5-2-6-12-26)25-17-15-23(16-18-25)27-19-20-29-28-13-7-8-14-32(28)38-33(29)21-27/h1-22,31,34,36H. The summed E-state index contributed by atoms with van der Waals surface area (Å²) >= 11 is 2.47. The molecule has 184 valence electrons. The second kappa shape index (κ2) is 9.78. The van der Waals surface area contributed by atoms with Crippen LogP contribution in [0.15, 0.2) is 138 Å². The Hall–Kier alpha value is -3.87. The first-order valence-electron chi connectivity index (χ1n) is 12.8. The van der Waals surface area contributed by atoms with E-state index < -0.39 is 0 Å². The van der Waals surface area contributed by atoms with E-state index in [2.05, 4.69) is 153 Å². The van der Waals surface area contributed by atoms with E-state index in [9.17, 15) is 0 Å². The van der Waals surface area contributed by atoms with Crippen LogP contribution in [-0.2, 0) is 0 Å². The Balaban J connectivity index is 1.25. The lowest BCUT2D eigenvalue weighted by Crippen LogP contribution is -2.37. The van der Waals surface area contributed by atoms with Crippen LogP contribution in [0.3, 0.4) is 0 Å². The van der Waals surface area contributed by atoms with Crippen LogP contribution in [0, 0.1) is 0 Å². The SMILES string of the molecule is IN1C(c2ccc(-c3ccc4c(c3)oc3ccccc34)cc2)C=C(c2ccccc2)NC1c1ccccc1. The average Bonchev–Trinajstić information content (AvgIpc) is 3.36. The summed E-state index contributed by atoms with van der Waals surface area (Å²) in [6, 6.07) is 45.0. The highest BCUT2D eigenvalue weighted by Gasteiger charge is 2.31. The normalized spacial score (nSPS) is 17.9. The van der Waals surface area contributed by atoms with Crippen LogP contribution < -0.4 is 5.32 Å². The van der Waals surface area contributed by atoms with Crippen molar-refractivity contribution in [1.29, 1.82) is 0 Å². The number of hydrogen-bond donors (Lipinski definition) is 1. The number of hydrogen-bond acceptors (Lipinski definition) is 3. The first kappa shape index (κ1) is 23.3. The Bertz CT molecular complexity index is 1760. The van der Waals surface area contributed by atoms with Crippen molar-refractivity contribution >= 4 is 50.5 Å². The van der Waals surface area contributed by atoms with E-state index in [4.69, 9.17) is 4.42 Å². The van der Waals surface area contributed by atoms with Gasteiger partial charge in [0.25, 0.3) is 0 Å². The molecule has 6 aromatic rings. The number of rotatable bonds is 4. The van der Waals surface area contributed by atoms with Gasteiger partial charge in [0.05, 0.1) is 6.04 Å². The first-order chi connectivity index (χ1) is 18.7. The largest absolute Gasteiger partial charge is 0.456 e. The van der Waals surface area contributed by atoms with Crippen LogP contribution in [0.4, 0.5) is 0 Å². The number of para-hydroxylation sites is 1. The zero-order valence-corrected chi connectivity index (χ0v) is 22.7. The van der Waals surface area contributed by atoms with Gasteiger partial charge in [-0.1, -0.05) is 109 Å². The van der Waals surface area contributed by atoms with Gasteiger partial charge in [0.1, 0.15) is 17.3 Å². The zero-order chi connectivity index (χ0) is 25.5. The third kappa shape index (κ3) is 4.20. The maximum absolute atomic E-state index is 6.13. The lowest BCUT2D eigenvalue weighted by molar-refractivity contribution is 0.308. The van der Waals surface area contributed by atoms with Gasteiger partial charge in [-0.05, 0) is 52.1 Å². The van der Waals surface area contributed by atoms with Gasteiger partial charge >= 0.3 is 0 Å². The Kier molecular flexibility index (Phi) is 5.99. The molecule has 1 aliphatic heterocycles. The van der Waals surface area contributed by atoms with Crippen molar-refractivity contribution in [2.45, 2.75) is 12.2 Å². The van der Waals surface area contributed by atoms with Crippen LogP contribution >= 0.6 is 22.9 Å². The van der Waals surface area contributed by atoms with Crippen molar-refractivity contribution in [2.75, 3.05) is 0 Å². The number of fused-ring (bicyclic) bond motifs is 3. The minimum absolute atomic E-state index is 0.0529. The van der Waals surface area contributed by atoms with Crippen molar-refractivity contribution < 1.29 is 4.42 Å². The van der Waals surface area contributed by atoms with Gasteiger partial charge in [0.2, 0.25) is 0 Å². The van der Waals surface area contributed by atoms with Gasteiger partial charge in [0.15, 0.2) is 0 Å². The van der Waals surface area contributed by atoms with Crippen molar-refractivity contribution in [1.82, 2.24) is 8.43 Å². The van der Waals surface area contributed by atoms with Gasteiger partial charge in [0, 0.05) is 39.3 Å². The molecule has 0 radical (unpaired) electrons. The van der Waals surface area contributed by atoms with E-state index in [-0.39, 0.29) is 12.2 Å². The predicted octanol–water partition coefficient (Wildman–Crippen LogP) is 9.29. The van der Waals surface area contributed by atoms with Crippen LogP contribution in [0.5, 0.6) is 0 Å². The summed E-state index contributed by atoms with van der Waals surface area (Å²) in [5.41, 5.74) is 9.02. The quantitative estimate of drug-likeness (QED) is 0.161. The Morgan fingerprint density at radius 1 is 0.579 bits per heavy atom. The van der Waals surface area contributed by atoms with Gasteiger partial charge in [-0.15, -0.1) is 0 Å². The molecule has 5 aromatic carbocycles. The maximum atomic E-state index is 6.13. The molecule has 2 heterocycles. The summed E-state index contributed by atoms with van der Waals surface area (Å²) in [7, 11) is 0. The molecule has 0 aliphatic carbocycles. The molecule has 1 aromatic heterocycles. The molecule has 0 saturated carbocycles. The van der Waals surface area contributed by atoms with Crippen molar-refractivity contribution in [2.24, 2.45) is 0 Å². The molecular weight excluding hydrogens is 579 g/mol. The summed E-state index contributed by atoms with van der Waals surface area (Å²) in [6.45, 7) is 0. The molecule has 4 heteroatoms. The second-order valence-electron chi connectivity index (χ2n) is 9.62. The van der Waals surface area contributed by atoms with Crippen molar-refractivity contribution in [3.8, 4) is 11.1 Å². The molecule has 7 rings (SSSR count). The molecule has 0 saturated heterocycles. The summed E-state index contributed by atoms with van der Waals surface area (Å²) in [5.74, 6) is 0. The topological polar surface area (TPSA) is 28.4 Å². The average molecular weight is 604 g/mol. The molecule has 0 bridgehead atoms. The third-order valence-electron chi connectivity index (χ3n) is 7.29. The zero-order valence-electron chi connectivity index (χ0n) is 20.6. The minimum atomic E-state index is 0.0529. The molecule has 3 nitrogen and oxygen atoms in total. The van der Waals surface area contributed by atoms with Gasteiger partial charge in [-0.2, -0.15) is 0 Å². The minimum Gasteiger partial charge on any atom is -0.456 e. The fraction of sp³-hybridized carbons (Fsp3) is 0.0588. The van der Waals surface area contributed by atoms with Gasteiger partial charge < -0.3 is 9.73 Å². The van der Waals surface area contributed by atoms with E-state index in [0.717, 1.165) is 33.2 Å². The Morgan fingerprint density at radius 3 is 2.03 bits per heavy atom. The first-order valence-corrected chi connectivity index (χ1v) is 13.8. The lowest BCUT2D eigenvalue weighted by atomic mass is 9.96. The highest BCUT2D eigenvalue weighted by Crippen LogP contribution is 2.41. The molecule has 0 fully saturated rings. The monoisotopic (exact) mass is 604 g/mol. The number of nitrogens with one attached hydrogen (secondary N) is 1. The maximum Gasteiger partial charge on any atom is 0.136 e. The predicted molar refractivity (Wildman–Crippen MR) is 164 cm³/mol. The molecule has 38 heavy (non-hydrogen) atoms. The van der Waals surface area contributed by atoms with Crippen LogP contribution in [0.1, 0.15) is 28.9 Å². The van der Waals surface area contributed by atoms with Crippen LogP contribution in [0.25, 0.3) is 38.8 Å². The van der Waals surface area contributed by atoms with Crippen LogP contribution in [-0.4, -0.2) is 3.11 Å². The summed E-state index contributed by atoms with van der Waals surface area (Å²) in [5, 5.41) is 6.08. The van der Waals surface area contributed by atoms with E-state index in [1.807, 2.05) is 12.1 Å². The fourth-order valence-electron chi connectivity index (χ4n) is 5.32. The summed E-state index contributed by atoms with van der Waals surface area (Å²) in [6.07, 6.45) is 2.38. The molecule has 1 aliphatic rings. The number of nitrogens with zero attached hydrogens (tertiary/aromatic N) is 1. The fourth-order valence-corrected chi connectivity index (χ4v) is 6.27. The molecule has 2 atom stereocenters. The Morgan fingerprint density at radius 2 is 1.24 bits per heavy atom. The molecular formula is C34H25IN2O. The Labute approximate surface area is 235 Å². The van der Waals surface area contributed by atoms with E-state index in [0.29, 0.717) is 0 Å². The van der Waals surface area contributed by atoms with E-state index in [1.165, 1.54) is 22.3 Å². The van der Waals surface area contributed by atoms with E-state index >= 15 is 0 Å². The smallest absolute Gasteiger partial charge is 0.136 e. The van der Waals surface area contributed by atoms with Crippen molar-refractivity contribution in [3.63, 3.8) is 0 Å².